The number of rotatable bonds is 7. The monoisotopic (exact) mass is 479 g/mol. The third-order valence-electron chi connectivity index (χ3n) is 6.86. The molecule has 0 radical (unpaired) electrons. The number of aromatic nitrogens is 3. The van der Waals surface area contributed by atoms with Gasteiger partial charge < -0.3 is 19.7 Å². The summed E-state index contributed by atoms with van der Waals surface area (Å²) < 4.78 is 28.2. The maximum atomic E-state index is 15.8. The van der Waals surface area contributed by atoms with Gasteiger partial charge in [-0.2, -0.15) is 5.10 Å². The number of anilines is 1. The molecule has 0 unspecified atom stereocenters. The van der Waals surface area contributed by atoms with Gasteiger partial charge in [0.15, 0.2) is 11.6 Å². The van der Waals surface area contributed by atoms with Crippen LogP contribution in [0.25, 0.3) is 11.3 Å². The average Bonchev–Trinajstić information content (AvgIpc) is 3.45. The number of amides is 1. The van der Waals surface area contributed by atoms with Crippen LogP contribution in [0.5, 0.6) is 11.5 Å². The van der Waals surface area contributed by atoms with E-state index in [1.54, 1.807) is 49.3 Å². The van der Waals surface area contributed by atoms with Gasteiger partial charge in [-0.25, -0.2) is 9.37 Å². The molecule has 1 N–H and O–H groups in total. The van der Waals surface area contributed by atoms with Gasteiger partial charge in [0.25, 0.3) is 5.91 Å². The zero-order valence-corrected chi connectivity index (χ0v) is 20.3. The molecule has 1 aromatic carbocycles. The number of ether oxygens (including phenoxy) is 2. The first-order valence-corrected chi connectivity index (χ1v) is 12.0. The largest absolute Gasteiger partial charge is 0.497 e. The molecular weight excluding hydrogens is 449 g/mol. The van der Waals surface area contributed by atoms with E-state index in [-0.39, 0.29) is 30.9 Å². The van der Waals surface area contributed by atoms with Crippen LogP contribution in [0, 0.1) is 5.82 Å². The van der Waals surface area contributed by atoms with Crippen molar-refractivity contribution in [2.75, 3.05) is 19.5 Å². The van der Waals surface area contributed by atoms with Gasteiger partial charge in [0.2, 0.25) is 0 Å². The van der Waals surface area contributed by atoms with Crippen LogP contribution in [0.4, 0.5) is 10.2 Å². The summed E-state index contributed by atoms with van der Waals surface area (Å²) in [6, 6.07) is 5.64. The Labute approximate surface area is 204 Å². The molecule has 0 spiro atoms. The van der Waals surface area contributed by atoms with Gasteiger partial charge >= 0.3 is 0 Å². The minimum Gasteiger partial charge on any atom is -0.497 e. The first-order valence-electron chi connectivity index (χ1n) is 12.0. The molecule has 35 heavy (non-hydrogen) atoms. The summed E-state index contributed by atoms with van der Waals surface area (Å²) in [5.41, 5.74) is 2.63. The Bertz CT molecular complexity index is 1250. The Hall–Kier alpha value is -3.62. The molecule has 3 heterocycles. The highest BCUT2D eigenvalue weighted by Crippen LogP contribution is 2.38. The van der Waals surface area contributed by atoms with Crippen molar-refractivity contribution >= 4 is 11.7 Å². The number of halogens is 1. The maximum Gasteiger partial charge on any atom is 0.257 e. The number of carbonyl (C=O) groups is 1. The third-order valence-corrected chi connectivity index (χ3v) is 6.86. The molecule has 1 aliphatic heterocycles. The lowest BCUT2D eigenvalue weighted by Gasteiger charge is -2.24. The van der Waals surface area contributed by atoms with Crippen LogP contribution in [0.15, 0.2) is 30.6 Å². The van der Waals surface area contributed by atoms with E-state index in [1.165, 1.54) is 6.42 Å². The van der Waals surface area contributed by atoms with Gasteiger partial charge in [0.1, 0.15) is 11.5 Å². The Kier molecular flexibility index (Phi) is 6.32. The maximum absolute atomic E-state index is 15.8. The van der Waals surface area contributed by atoms with Crippen molar-refractivity contribution in [2.45, 2.75) is 51.2 Å². The predicted octanol–water partition coefficient (Wildman–Crippen LogP) is 4.54. The number of benzene rings is 1. The standard InChI is InChI=1S/C26H30FN5O3/c1-31-13-17(12-28-31)24-22-20(23(27)25(30-24)29-18-7-5-4-6-8-18)15-32(26(22)33)14-16-9-10-19(34-2)11-21(16)35-3/h9-13,18H,4-8,14-15H2,1-3H3,(H,29,30). The van der Waals surface area contributed by atoms with E-state index >= 15 is 4.39 Å². The molecule has 0 atom stereocenters. The number of nitrogens with one attached hydrogen (secondary N) is 1. The van der Waals surface area contributed by atoms with Crippen LogP contribution < -0.4 is 14.8 Å². The van der Waals surface area contributed by atoms with Crippen LogP contribution in [0.3, 0.4) is 0 Å². The molecule has 3 aromatic rings. The normalized spacial score (nSPS) is 15.9. The predicted molar refractivity (Wildman–Crippen MR) is 130 cm³/mol. The van der Waals surface area contributed by atoms with E-state index in [2.05, 4.69) is 15.4 Å². The van der Waals surface area contributed by atoms with Crippen LogP contribution in [-0.4, -0.2) is 45.8 Å². The molecule has 184 valence electrons. The summed E-state index contributed by atoms with van der Waals surface area (Å²) in [6.45, 7) is 0.433. The molecule has 1 amide bonds. The first kappa shape index (κ1) is 23.1. The molecule has 2 aliphatic rings. The third kappa shape index (κ3) is 4.42. The van der Waals surface area contributed by atoms with E-state index in [0.29, 0.717) is 33.9 Å². The van der Waals surface area contributed by atoms with Gasteiger partial charge in [-0.15, -0.1) is 0 Å². The summed E-state index contributed by atoms with van der Waals surface area (Å²) in [6.07, 6.45) is 8.88. The Morgan fingerprint density at radius 1 is 1.17 bits per heavy atom. The lowest BCUT2D eigenvalue weighted by atomic mass is 9.95. The molecular formula is C26H30FN5O3. The molecule has 1 fully saturated rings. The molecule has 1 saturated carbocycles. The van der Waals surface area contributed by atoms with Gasteiger partial charge in [-0.05, 0) is 25.0 Å². The van der Waals surface area contributed by atoms with Crippen molar-refractivity contribution < 1.29 is 18.7 Å². The zero-order chi connectivity index (χ0) is 24.5. The van der Waals surface area contributed by atoms with E-state index in [4.69, 9.17) is 9.47 Å². The number of nitrogens with zero attached hydrogens (tertiary/aromatic N) is 4. The molecule has 9 heteroatoms. The van der Waals surface area contributed by atoms with E-state index < -0.39 is 5.82 Å². The first-order chi connectivity index (χ1) is 17.0. The fourth-order valence-electron chi connectivity index (χ4n) is 5.02. The number of hydrogen-bond acceptors (Lipinski definition) is 6. The highest BCUT2D eigenvalue weighted by molar-refractivity contribution is 6.04. The van der Waals surface area contributed by atoms with E-state index in [9.17, 15) is 4.79 Å². The highest BCUT2D eigenvalue weighted by atomic mass is 19.1. The van der Waals surface area contributed by atoms with E-state index in [0.717, 1.165) is 31.2 Å². The summed E-state index contributed by atoms with van der Waals surface area (Å²) in [5, 5.41) is 7.58. The van der Waals surface area contributed by atoms with Crippen LogP contribution >= 0.6 is 0 Å². The number of aryl methyl sites for hydroxylation is 1. The van der Waals surface area contributed by atoms with Gasteiger partial charge in [-0.3, -0.25) is 9.48 Å². The number of methoxy groups -OCH3 is 2. The van der Waals surface area contributed by atoms with Crippen molar-refractivity contribution in [2.24, 2.45) is 7.05 Å². The fraction of sp³-hybridized carbons (Fsp3) is 0.423. The van der Waals surface area contributed by atoms with Crippen molar-refractivity contribution in [1.29, 1.82) is 0 Å². The van der Waals surface area contributed by atoms with Crippen LogP contribution in [0.1, 0.15) is 53.6 Å². The second kappa shape index (κ2) is 9.56. The molecule has 0 saturated heterocycles. The molecule has 0 bridgehead atoms. The Morgan fingerprint density at radius 2 is 1.97 bits per heavy atom. The summed E-state index contributed by atoms with van der Waals surface area (Å²) in [4.78, 5) is 19.9. The SMILES string of the molecule is COc1ccc(CN2Cc3c(F)c(NC4CCCCC4)nc(-c4cnn(C)c4)c3C2=O)c(OC)c1. The number of pyridine rings is 1. The van der Waals surface area contributed by atoms with Crippen molar-refractivity contribution in [3.63, 3.8) is 0 Å². The highest BCUT2D eigenvalue weighted by Gasteiger charge is 2.36. The molecule has 5 rings (SSSR count). The van der Waals surface area contributed by atoms with Crippen molar-refractivity contribution in [1.82, 2.24) is 19.7 Å². The van der Waals surface area contributed by atoms with Gasteiger partial charge in [0.05, 0.1) is 38.2 Å². The second-order valence-electron chi connectivity index (χ2n) is 9.20. The lowest BCUT2D eigenvalue weighted by molar-refractivity contribution is 0.0766. The summed E-state index contributed by atoms with van der Waals surface area (Å²) in [5.74, 6) is 0.780. The number of fused-ring (bicyclic) bond motifs is 1. The molecule has 2 aromatic heterocycles. The lowest BCUT2D eigenvalue weighted by Crippen LogP contribution is -2.24. The molecule has 1 aliphatic carbocycles. The van der Waals surface area contributed by atoms with Crippen LogP contribution in [0.2, 0.25) is 0 Å². The quantitative estimate of drug-likeness (QED) is 0.536. The molecule has 8 nitrogen and oxygen atoms in total. The topological polar surface area (TPSA) is 81.5 Å². The van der Waals surface area contributed by atoms with E-state index in [1.807, 2.05) is 12.1 Å². The van der Waals surface area contributed by atoms with Crippen molar-refractivity contribution in [3.8, 4) is 22.8 Å². The van der Waals surface area contributed by atoms with Crippen LogP contribution in [-0.2, 0) is 20.1 Å². The van der Waals surface area contributed by atoms with Gasteiger partial charge in [-0.1, -0.05) is 19.3 Å². The zero-order valence-electron chi connectivity index (χ0n) is 20.3. The van der Waals surface area contributed by atoms with Crippen molar-refractivity contribution in [3.05, 3.63) is 53.1 Å². The number of carbonyl (C=O) groups excluding carboxylic acids is 1. The smallest absolute Gasteiger partial charge is 0.257 e. The fourth-order valence-corrected chi connectivity index (χ4v) is 5.02. The Balaban J connectivity index is 1.52. The number of hydrogen-bond donors (Lipinski definition) is 1. The second-order valence-corrected chi connectivity index (χ2v) is 9.20. The van der Waals surface area contributed by atoms with Gasteiger partial charge in [0, 0.05) is 48.6 Å². The minimum absolute atomic E-state index is 0.157. The summed E-state index contributed by atoms with van der Waals surface area (Å²) in [7, 11) is 4.97. The average molecular weight is 480 g/mol. The summed E-state index contributed by atoms with van der Waals surface area (Å²) >= 11 is 0. The minimum atomic E-state index is -0.448. The Morgan fingerprint density at radius 3 is 2.66 bits per heavy atom.